The Kier molecular flexibility index (Phi) is 4.59. The number of H-pyrrole nitrogens is 1. The van der Waals surface area contributed by atoms with Gasteiger partial charge < -0.3 is 0 Å². The second-order valence-corrected chi connectivity index (χ2v) is 4.45. The molecule has 1 rings (SSSR count). The third kappa shape index (κ3) is 3.90. The summed E-state index contributed by atoms with van der Waals surface area (Å²) in [5.41, 5.74) is -0.443. The Morgan fingerprint density at radius 1 is 1.73 bits per heavy atom. The van der Waals surface area contributed by atoms with E-state index in [1.54, 1.807) is 11.8 Å². The first-order chi connectivity index (χ1) is 7.20. The number of nitrogens with one attached hydrogen (secondary N) is 2. The van der Waals surface area contributed by atoms with Crippen molar-refractivity contribution < 1.29 is 0 Å². The van der Waals surface area contributed by atoms with Gasteiger partial charge in [0.05, 0.1) is 6.07 Å². The van der Waals surface area contributed by atoms with Gasteiger partial charge in [0.25, 0.3) is 0 Å². The van der Waals surface area contributed by atoms with Crippen LogP contribution in [0, 0.1) is 11.3 Å². The Hall–Kier alpha value is -1.06. The monoisotopic (exact) mass is 225 g/mol. The van der Waals surface area contributed by atoms with Gasteiger partial charge in [-0.2, -0.15) is 10.4 Å². The summed E-state index contributed by atoms with van der Waals surface area (Å²) in [6.45, 7) is 4.72. The molecular weight excluding hydrogens is 210 g/mol. The molecule has 82 valence electrons. The first kappa shape index (κ1) is 12.0. The van der Waals surface area contributed by atoms with Gasteiger partial charge in [-0.25, -0.2) is 4.98 Å². The van der Waals surface area contributed by atoms with Crippen LogP contribution in [-0.2, 0) is 0 Å². The summed E-state index contributed by atoms with van der Waals surface area (Å²) in [4.78, 5) is 4.00. The summed E-state index contributed by atoms with van der Waals surface area (Å²) in [7, 11) is 0. The molecule has 2 N–H and O–H groups in total. The van der Waals surface area contributed by atoms with E-state index in [1.165, 1.54) is 6.33 Å². The molecule has 0 saturated carbocycles. The summed E-state index contributed by atoms with van der Waals surface area (Å²) in [6.07, 6.45) is 2.26. The zero-order valence-electron chi connectivity index (χ0n) is 8.95. The molecule has 0 saturated heterocycles. The van der Waals surface area contributed by atoms with Crippen molar-refractivity contribution in [2.24, 2.45) is 0 Å². The van der Waals surface area contributed by atoms with Crippen molar-refractivity contribution in [3.63, 3.8) is 0 Å². The normalized spacial score (nSPS) is 14.5. The number of hydrogen-bond donors (Lipinski definition) is 2. The van der Waals surface area contributed by atoms with Gasteiger partial charge in [-0.15, -0.1) is 0 Å². The molecule has 0 spiro atoms. The number of hydrogen-bond acceptors (Lipinski definition) is 5. The largest absolute Gasteiger partial charge is 0.300 e. The van der Waals surface area contributed by atoms with Crippen LogP contribution < -0.4 is 5.32 Å². The zero-order chi connectivity index (χ0) is 11.1. The number of nitriles is 1. The van der Waals surface area contributed by atoms with Crippen molar-refractivity contribution in [1.82, 2.24) is 20.5 Å². The van der Waals surface area contributed by atoms with Crippen LogP contribution >= 0.6 is 11.8 Å². The quantitative estimate of drug-likeness (QED) is 0.711. The summed E-state index contributed by atoms with van der Waals surface area (Å²) >= 11 is 1.57. The Labute approximate surface area is 93.7 Å². The van der Waals surface area contributed by atoms with Crippen molar-refractivity contribution in [3.8, 4) is 6.07 Å². The molecule has 0 radical (unpaired) electrons. The maximum absolute atomic E-state index is 9.02. The van der Waals surface area contributed by atoms with Crippen LogP contribution in [0.25, 0.3) is 0 Å². The number of rotatable bonds is 6. The van der Waals surface area contributed by atoms with Gasteiger partial charge in [0.15, 0.2) is 5.16 Å². The highest BCUT2D eigenvalue weighted by molar-refractivity contribution is 7.99. The van der Waals surface area contributed by atoms with Gasteiger partial charge in [-0.1, -0.05) is 18.7 Å². The topological polar surface area (TPSA) is 77.4 Å². The maximum atomic E-state index is 9.02. The van der Waals surface area contributed by atoms with Crippen LogP contribution in [0.5, 0.6) is 0 Å². The van der Waals surface area contributed by atoms with E-state index in [0.29, 0.717) is 0 Å². The van der Waals surface area contributed by atoms with Gasteiger partial charge in [0, 0.05) is 5.75 Å². The van der Waals surface area contributed by atoms with E-state index < -0.39 is 5.54 Å². The lowest BCUT2D eigenvalue weighted by Crippen LogP contribution is -2.41. The summed E-state index contributed by atoms with van der Waals surface area (Å²) in [6, 6.07) is 2.29. The lowest BCUT2D eigenvalue weighted by Gasteiger charge is -2.21. The van der Waals surface area contributed by atoms with Gasteiger partial charge in [0.1, 0.15) is 11.9 Å². The fourth-order valence-corrected chi connectivity index (χ4v) is 2.13. The molecule has 0 aliphatic heterocycles. The predicted molar refractivity (Wildman–Crippen MR) is 59.4 cm³/mol. The minimum absolute atomic E-state index is 0.443. The molecule has 1 aromatic rings. The first-order valence-corrected chi connectivity index (χ1v) is 5.83. The van der Waals surface area contributed by atoms with E-state index in [-0.39, 0.29) is 0 Å². The third-order valence-electron chi connectivity index (χ3n) is 2.05. The molecule has 0 aliphatic rings. The Bertz CT molecular complexity index is 318. The molecule has 0 amide bonds. The van der Waals surface area contributed by atoms with Gasteiger partial charge in [-0.05, 0) is 19.9 Å². The van der Waals surface area contributed by atoms with E-state index >= 15 is 0 Å². The van der Waals surface area contributed by atoms with Crippen LogP contribution in [0.1, 0.15) is 20.3 Å². The van der Waals surface area contributed by atoms with E-state index in [1.807, 2.05) is 13.8 Å². The van der Waals surface area contributed by atoms with Crippen LogP contribution in [0.3, 0.4) is 0 Å². The molecule has 1 heterocycles. The minimum Gasteiger partial charge on any atom is -0.300 e. The van der Waals surface area contributed by atoms with Crippen LogP contribution in [-0.4, -0.2) is 33.0 Å². The van der Waals surface area contributed by atoms with Gasteiger partial charge in [0.2, 0.25) is 0 Å². The highest BCUT2D eigenvalue weighted by Gasteiger charge is 2.21. The summed E-state index contributed by atoms with van der Waals surface area (Å²) < 4.78 is 0. The molecule has 1 unspecified atom stereocenters. The molecule has 1 atom stereocenters. The lowest BCUT2D eigenvalue weighted by atomic mass is 10.0. The standard InChI is InChI=1S/C9H15N5S/c1-3-12-9(2,6-10)4-5-15-8-11-7-13-14-8/h7,12H,3-5H2,1-2H3,(H,11,13,14). The van der Waals surface area contributed by atoms with Crippen molar-refractivity contribution >= 4 is 11.8 Å². The summed E-state index contributed by atoms with van der Waals surface area (Å²) in [5, 5.41) is 19.5. The number of aromatic nitrogens is 3. The fourth-order valence-electron chi connectivity index (χ4n) is 1.19. The Morgan fingerprint density at radius 2 is 2.53 bits per heavy atom. The maximum Gasteiger partial charge on any atom is 0.183 e. The fraction of sp³-hybridized carbons (Fsp3) is 0.667. The van der Waals surface area contributed by atoms with Gasteiger partial charge >= 0.3 is 0 Å². The second kappa shape index (κ2) is 5.73. The van der Waals surface area contributed by atoms with Crippen molar-refractivity contribution in [2.75, 3.05) is 12.3 Å². The minimum atomic E-state index is -0.443. The van der Waals surface area contributed by atoms with E-state index in [0.717, 1.165) is 23.9 Å². The van der Waals surface area contributed by atoms with E-state index in [2.05, 4.69) is 26.6 Å². The van der Waals surface area contributed by atoms with Crippen LogP contribution in [0.15, 0.2) is 11.5 Å². The van der Waals surface area contributed by atoms with Crippen LogP contribution in [0.4, 0.5) is 0 Å². The zero-order valence-corrected chi connectivity index (χ0v) is 9.77. The second-order valence-electron chi connectivity index (χ2n) is 3.36. The average molecular weight is 225 g/mol. The highest BCUT2D eigenvalue weighted by Crippen LogP contribution is 2.17. The molecule has 0 aliphatic carbocycles. The molecule has 6 heteroatoms. The number of thioether (sulfide) groups is 1. The van der Waals surface area contributed by atoms with Crippen molar-refractivity contribution in [1.29, 1.82) is 5.26 Å². The van der Waals surface area contributed by atoms with Crippen LogP contribution in [0.2, 0.25) is 0 Å². The Morgan fingerprint density at radius 3 is 3.07 bits per heavy atom. The predicted octanol–water partition coefficient (Wildman–Crippen LogP) is 1.18. The Balaban J connectivity index is 2.32. The number of aromatic amines is 1. The van der Waals surface area contributed by atoms with Crippen molar-refractivity contribution in [2.45, 2.75) is 31.0 Å². The highest BCUT2D eigenvalue weighted by atomic mass is 32.2. The third-order valence-corrected chi connectivity index (χ3v) is 2.93. The molecule has 15 heavy (non-hydrogen) atoms. The van der Waals surface area contributed by atoms with E-state index in [9.17, 15) is 0 Å². The average Bonchev–Trinajstić information content (AvgIpc) is 2.71. The first-order valence-electron chi connectivity index (χ1n) is 4.84. The molecule has 0 aromatic carbocycles. The summed E-state index contributed by atoms with van der Waals surface area (Å²) in [5.74, 6) is 0.840. The van der Waals surface area contributed by atoms with E-state index in [4.69, 9.17) is 5.26 Å². The molecular formula is C9H15N5S. The lowest BCUT2D eigenvalue weighted by molar-refractivity contribution is 0.450. The SMILES string of the molecule is CCNC(C)(C#N)CCSc1ncn[nH]1. The molecule has 0 bridgehead atoms. The molecule has 1 aromatic heterocycles. The smallest absolute Gasteiger partial charge is 0.183 e. The molecule has 0 fully saturated rings. The van der Waals surface area contributed by atoms with Gasteiger partial charge in [-0.3, -0.25) is 10.4 Å². The molecule has 5 nitrogen and oxygen atoms in total. The van der Waals surface area contributed by atoms with Crippen molar-refractivity contribution in [3.05, 3.63) is 6.33 Å². The number of nitrogens with zero attached hydrogens (tertiary/aromatic N) is 3.